The molecule has 5 nitrogen and oxygen atoms in total. The van der Waals surface area contributed by atoms with Crippen LogP contribution in [0.3, 0.4) is 0 Å². The van der Waals surface area contributed by atoms with E-state index in [2.05, 4.69) is 52.9 Å². The highest BCUT2D eigenvalue weighted by atomic mass is 15.3. The van der Waals surface area contributed by atoms with Gasteiger partial charge in [-0.2, -0.15) is 4.98 Å². The highest BCUT2D eigenvalue weighted by Crippen LogP contribution is 2.23. The van der Waals surface area contributed by atoms with Crippen molar-refractivity contribution in [3.63, 3.8) is 0 Å². The molecule has 1 aromatic heterocycles. The molecule has 1 N–H and O–H groups in total. The van der Waals surface area contributed by atoms with Crippen molar-refractivity contribution in [1.29, 1.82) is 0 Å². The van der Waals surface area contributed by atoms with E-state index in [9.17, 15) is 0 Å². The first-order valence-corrected chi connectivity index (χ1v) is 6.51. The number of piperazine rings is 1. The summed E-state index contributed by atoms with van der Waals surface area (Å²) in [6.07, 6.45) is 1.89. The van der Waals surface area contributed by atoms with Gasteiger partial charge < -0.3 is 10.2 Å². The third kappa shape index (κ3) is 2.41. The number of rotatable bonds is 2. The summed E-state index contributed by atoms with van der Waals surface area (Å²) in [5, 5.41) is 3.01. The summed E-state index contributed by atoms with van der Waals surface area (Å²) in [6, 6.07) is 1.09. The van der Waals surface area contributed by atoms with E-state index in [1.807, 2.05) is 13.2 Å². The van der Waals surface area contributed by atoms with E-state index >= 15 is 0 Å². The van der Waals surface area contributed by atoms with Gasteiger partial charge in [0.25, 0.3) is 0 Å². The summed E-state index contributed by atoms with van der Waals surface area (Å²) in [5.41, 5.74) is 1.14. The molecule has 0 aliphatic carbocycles. The molecule has 0 spiro atoms. The predicted molar refractivity (Wildman–Crippen MR) is 75.2 cm³/mol. The quantitative estimate of drug-likeness (QED) is 0.857. The smallest absolute Gasteiger partial charge is 0.224 e. The number of aryl methyl sites for hydroxylation is 1. The van der Waals surface area contributed by atoms with Gasteiger partial charge in [-0.15, -0.1) is 0 Å². The largest absolute Gasteiger partial charge is 0.357 e. The van der Waals surface area contributed by atoms with E-state index < -0.39 is 0 Å². The Kier molecular flexibility index (Phi) is 3.71. The lowest BCUT2D eigenvalue weighted by atomic mass is 10.1. The predicted octanol–water partition coefficient (Wildman–Crippen LogP) is 1.36. The fourth-order valence-electron chi connectivity index (χ4n) is 2.45. The highest BCUT2D eigenvalue weighted by Gasteiger charge is 2.28. The number of anilines is 2. The Morgan fingerprint density at radius 1 is 1.28 bits per heavy atom. The Labute approximate surface area is 109 Å². The van der Waals surface area contributed by atoms with Gasteiger partial charge in [0, 0.05) is 44.0 Å². The first kappa shape index (κ1) is 13.1. The van der Waals surface area contributed by atoms with Crippen LogP contribution in [0.4, 0.5) is 11.8 Å². The summed E-state index contributed by atoms with van der Waals surface area (Å²) < 4.78 is 0. The average molecular weight is 249 g/mol. The van der Waals surface area contributed by atoms with Gasteiger partial charge in [0.1, 0.15) is 5.82 Å². The molecule has 2 rings (SSSR count). The fourth-order valence-corrected chi connectivity index (χ4v) is 2.45. The number of nitrogens with zero attached hydrogens (tertiary/aromatic N) is 4. The van der Waals surface area contributed by atoms with Crippen molar-refractivity contribution in [3.8, 4) is 0 Å². The Morgan fingerprint density at radius 3 is 2.44 bits per heavy atom. The lowest BCUT2D eigenvalue weighted by Crippen LogP contribution is -2.55. The van der Waals surface area contributed by atoms with E-state index in [0.29, 0.717) is 18.0 Å². The molecule has 0 radical (unpaired) electrons. The molecule has 1 saturated heterocycles. The average Bonchev–Trinajstić information content (AvgIpc) is 2.36. The Morgan fingerprint density at radius 2 is 1.89 bits per heavy atom. The topological polar surface area (TPSA) is 44.3 Å². The van der Waals surface area contributed by atoms with Crippen molar-refractivity contribution >= 4 is 11.8 Å². The molecule has 0 bridgehead atoms. The summed E-state index contributed by atoms with van der Waals surface area (Å²) in [4.78, 5) is 13.6. The molecule has 0 aromatic carbocycles. The zero-order chi connectivity index (χ0) is 13.3. The van der Waals surface area contributed by atoms with Crippen LogP contribution in [0.2, 0.25) is 0 Å². The highest BCUT2D eigenvalue weighted by molar-refractivity contribution is 5.49. The maximum atomic E-state index is 4.59. The van der Waals surface area contributed by atoms with Crippen molar-refractivity contribution < 1.29 is 0 Å². The molecule has 2 unspecified atom stereocenters. The van der Waals surface area contributed by atoms with Crippen molar-refractivity contribution in [2.45, 2.75) is 32.9 Å². The van der Waals surface area contributed by atoms with Crippen LogP contribution >= 0.6 is 0 Å². The van der Waals surface area contributed by atoms with Crippen molar-refractivity contribution in [2.24, 2.45) is 0 Å². The molecule has 100 valence electrons. The van der Waals surface area contributed by atoms with Crippen LogP contribution in [-0.4, -0.2) is 54.1 Å². The monoisotopic (exact) mass is 249 g/mol. The number of likely N-dealkylation sites (N-methyl/N-ethyl adjacent to an activating group) is 1. The normalized spacial score (nSPS) is 25.3. The van der Waals surface area contributed by atoms with Crippen molar-refractivity contribution in [1.82, 2.24) is 14.9 Å². The summed E-state index contributed by atoms with van der Waals surface area (Å²) in [5.74, 6) is 1.75. The Hall–Kier alpha value is -1.36. The molecule has 1 aliphatic heterocycles. The van der Waals surface area contributed by atoms with Crippen LogP contribution in [0, 0.1) is 6.92 Å². The van der Waals surface area contributed by atoms with Gasteiger partial charge in [0.05, 0.1) is 0 Å². The number of hydrogen-bond donors (Lipinski definition) is 1. The second-order valence-corrected chi connectivity index (χ2v) is 5.22. The van der Waals surface area contributed by atoms with Gasteiger partial charge in [-0.05, 0) is 27.8 Å². The molecule has 0 amide bonds. The molecular weight excluding hydrogens is 226 g/mol. The molecule has 18 heavy (non-hydrogen) atoms. The van der Waals surface area contributed by atoms with Crippen LogP contribution in [0.1, 0.15) is 19.4 Å². The molecular formula is C13H23N5. The second kappa shape index (κ2) is 5.10. The minimum atomic E-state index is 0.543. The van der Waals surface area contributed by atoms with Gasteiger partial charge in [0.2, 0.25) is 5.95 Å². The Bertz CT molecular complexity index is 408. The summed E-state index contributed by atoms with van der Waals surface area (Å²) in [7, 11) is 4.04. The standard InChI is InChI=1S/C13H23N5/c1-9-6-15-13(14-4)16-12(9)18-7-10(2)17(5)11(3)8-18/h6,10-11H,7-8H2,1-5H3,(H,14,15,16). The van der Waals surface area contributed by atoms with Gasteiger partial charge >= 0.3 is 0 Å². The van der Waals surface area contributed by atoms with Crippen LogP contribution in [-0.2, 0) is 0 Å². The Balaban J connectivity index is 2.26. The van der Waals surface area contributed by atoms with E-state index in [4.69, 9.17) is 0 Å². The van der Waals surface area contributed by atoms with E-state index in [-0.39, 0.29) is 0 Å². The van der Waals surface area contributed by atoms with Crippen molar-refractivity contribution in [3.05, 3.63) is 11.8 Å². The molecule has 2 atom stereocenters. The van der Waals surface area contributed by atoms with Gasteiger partial charge in [-0.25, -0.2) is 4.98 Å². The zero-order valence-corrected chi connectivity index (χ0v) is 11.9. The molecule has 0 saturated carbocycles. The minimum Gasteiger partial charge on any atom is -0.357 e. The first-order valence-electron chi connectivity index (χ1n) is 6.51. The SMILES string of the molecule is CNc1ncc(C)c(N2CC(C)N(C)C(C)C2)n1. The molecule has 1 fully saturated rings. The van der Waals surface area contributed by atoms with Crippen LogP contribution in [0.15, 0.2) is 6.20 Å². The maximum absolute atomic E-state index is 4.59. The van der Waals surface area contributed by atoms with Crippen LogP contribution < -0.4 is 10.2 Å². The summed E-state index contributed by atoms with van der Waals surface area (Å²) >= 11 is 0. The minimum absolute atomic E-state index is 0.543. The van der Waals surface area contributed by atoms with Gasteiger partial charge in [-0.3, -0.25) is 4.90 Å². The lowest BCUT2D eigenvalue weighted by molar-refractivity contribution is 0.169. The molecule has 1 aromatic rings. The number of hydrogen-bond acceptors (Lipinski definition) is 5. The first-order chi connectivity index (χ1) is 8.52. The van der Waals surface area contributed by atoms with Crippen molar-refractivity contribution in [2.75, 3.05) is 37.4 Å². The zero-order valence-electron chi connectivity index (χ0n) is 11.9. The molecule has 1 aliphatic rings. The third-order valence-corrected chi connectivity index (χ3v) is 3.83. The fraction of sp³-hybridized carbons (Fsp3) is 0.692. The van der Waals surface area contributed by atoms with E-state index in [1.54, 1.807) is 0 Å². The molecule has 2 heterocycles. The maximum Gasteiger partial charge on any atom is 0.224 e. The third-order valence-electron chi connectivity index (χ3n) is 3.83. The summed E-state index contributed by atoms with van der Waals surface area (Å²) in [6.45, 7) is 8.63. The van der Waals surface area contributed by atoms with Crippen LogP contribution in [0.25, 0.3) is 0 Å². The van der Waals surface area contributed by atoms with E-state index in [0.717, 1.165) is 24.5 Å². The van der Waals surface area contributed by atoms with Gasteiger partial charge in [-0.1, -0.05) is 0 Å². The van der Waals surface area contributed by atoms with Gasteiger partial charge in [0.15, 0.2) is 0 Å². The number of aromatic nitrogens is 2. The second-order valence-electron chi connectivity index (χ2n) is 5.22. The molecule has 5 heteroatoms. The lowest BCUT2D eigenvalue weighted by Gasteiger charge is -2.43. The number of nitrogens with one attached hydrogen (secondary N) is 1. The van der Waals surface area contributed by atoms with E-state index in [1.165, 1.54) is 0 Å². The van der Waals surface area contributed by atoms with Crippen LogP contribution in [0.5, 0.6) is 0 Å².